The summed E-state index contributed by atoms with van der Waals surface area (Å²) in [5.41, 5.74) is 0. The van der Waals surface area contributed by atoms with E-state index in [1.165, 1.54) is 12.8 Å². The predicted molar refractivity (Wildman–Crippen MR) is 46.1 cm³/mol. The number of unbranched alkanes of at least 4 members (excludes halogenated alkanes) is 1. The van der Waals surface area contributed by atoms with E-state index in [1.54, 1.807) is 0 Å². The highest BCUT2D eigenvalue weighted by Crippen LogP contribution is 2.37. The molecule has 0 spiro atoms. The summed E-state index contributed by atoms with van der Waals surface area (Å²) in [6, 6.07) is 0. The summed E-state index contributed by atoms with van der Waals surface area (Å²) in [5, 5.41) is 0. The predicted octanol–water partition coefficient (Wildman–Crippen LogP) is 3.82. The molecule has 1 unspecified atom stereocenters. The van der Waals surface area contributed by atoms with Crippen molar-refractivity contribution >= 4 is 0 Å². The maximum atomic E-state index is 12.7. The Morgan fingerprint density at radius 3 is 2.75 bits per heavy atom. The standard InChI is InChI=1S/C10H17F2/c1-2-3-4-9-5-7-10(11,12)8-6-9/h5,9H,2-4,6-8H2,1H3. The molecule has 0 heterocycles. The molecule has 0 amide bonds. The van der Waals surface area contributed by atoms with Gasteiger partial charge in [0.05, 0.1) is 0 Å². The second-order valence-corrected chi connectivity index (χ2v) is 3.74. The molecule has 0 aromatic carbocycles. The normalized spacial score (nSPS) is 24.2. The molecule has 0 aliphatic heterocycles. The van der Waals surface area contributed by atoms with Crippen molar-refractivity contribution < 1.29 is 8.78 Å². The van der Waals surface area contributed by atoms with E-state index in [4.69, 9.17) is 0 Å². The van der Waals surface area contributed by atoms with Crippen LogP contribution in [0.2, 0.25) is 0 Å². The van der Waals surface area contributed by atoms with E-state index in [0.717, 1.165) is 6.42 Å². The first-order chi connectivity index (χ1) is 5.64. The minimum absolute atomic E-state index is 0.00137. The minimum Gasteiger partial charge on any atom is -0.207 e. The van der Waals surface area contributed by atoms with Gasteiger partial charge in [0.25, 0.3) is 0 Å². The summed E-state index contributed by atoms with van der Waals surface area (Å²) in [7, 11) is 0. The molecule has 0 bridgehead atoms. The van der Waals surface area contributed by atoms with Gasteiger partial charge in [-0.3, -0.25) is 0 Å². The second kappa shape index (κ2) is 4.20. The van der Waals surface area contributed by atoms with Gasteiger partial charge in [0.2, 0.25) is 5.92 Å². The van der Waals surface area contributed by atoms with Crippen LogP contribution in [0.25, 0.3) is 0 Å². The van der Waals surface area contributed by atoms with E-state index in [-0.39, 0.29) is 12.8 Å². The van der Waals surface area contributed by atoms with Gasteiger partial charge in [-0.2, -0.15) is 0 Å². The van der Waals surface area contributed by atoms with E-state index in [0.29, 0.717) is 12.3 Å². The van der Waals surface area contributed by atoms with Crippen molar-refractivity contribution in [1.29, 1.82) is 0 Å². The Kier molecular flexibility index (Phi) is 3.48. The van der Waals surface area contributed by atoms with Crippen LogP contribution < -0.4 is 0 Å². The molecule has 1 saturated carbocycles. The third-order valence-electron chi connectivity index (χ3n) is 2.56. The highest BCUT2D eigenvalue weighted by molar-refractivity contribution is 4.89. The van der Waals surface area contributed by atoms with Crippen molar-refractivity contribution in [2.24, 2.45) is 5.92 Å². The fraction of sp³-hybridized carbons (Fsp3) is 0.900. The monoisotopic (exact) mass is 175 g/mol. The van der Waals surface area contributed by atoms with Crippen molar-refractivity contribution in [3.05, 3.63) is 6.42 Å². The zero-order chi connectivity index (χ0) is 9.03. The van der Waals surface area contributed by atoms with E-state index in [9.17, 15) is 8.78 Å². The topological polar surface area (TPSA) is 0 Å². The molecule has 1 rings (SSSR count). The van der Waals surface area contributed by atoms with Crippen LogP contribution in [0.4, 0.5) is 8.78 Å². The largest absolute Gasteiger partial charge is 0.248 e. The summed E-state index contributed by atoms with van der Waals surface area (Å²) < 4.78 is 25.3. The molecule has 1 radical (unpaired) electrons. The maximum absolute atomic E-state index is 12.7. The van der Waals surface area contributed by atoms with E-state index >= 15 is 0 Å². The smallest absolute Gasteiger partial charge is 0.207 e. The SMILES string of the molecule is CCCCC1[CH]CC(F)(F)CC1. The van der Waals surface area contributed by atoms with Gasteiger partial charge >= 0.3 is 0 Å². The second-order valence-electron chi connectivity index (χ2n) is 3.74. The molecule has 0 saturated heterocycles. The van der Waals surface area contributed by atoms with Crippen LogP contribution >= 0.6 is 0 Å². The molecular weight excluding hydrogens is 158 g/mol. The fourth-order valence-corrected chi connectivity index (χ4v) is 1.68. The van der Waals surface area contributed by atoms with Crippen LogP contribution in [0.1, 0.15) is 45.4 Å². The molecule has 71 valence electrons. The minimum atomic E-state index is -2.40. The first-order valence-electron chi connectivity index (χ1n) is 4.85. The molecule has 0 nitrogen and oxygen atoms in total. The van der Waals surface area contributed by atoms with E-state index in [1.807, 2.05) is 6.42 Å². The Balaban J connectivity index is 2.18. The molecule has 0 aromatic heterocycles. The van der Waals surface area contributed by atoms with Crippen LogP contribution in [0.3, 0.4) is 0 Å². The third-order valence-corrected chi connectivity index (χ3v) is 2.56. The van der Waals surface area contributed by atoms with E-state index in [2.05, 4.69) is 6.92 Å². The van der Waals surface area contributed by atoms with Gasteiger partial charge in [0.1, 0.15) is 0 Å². The number of hydrogen-bond acceptors (Lipinski definition) is 0. The summed E-state index contributed by atoms with van der Waals surface area (Å²) in [6.45, 7) is 2.14. The van der Waals surface area contributed by atoms with Gasteiger partial charge in [0, 0.05) is 12.8 Å². The number of alkyl halides is 2. The van der Waals surface area contributed by atoms with Crippen LogP contribution in [0.15, 0.2) is 0 Å². The zero-order valence-electron chi connectivity index (χ0n) is 7.65. The highest BCUT2D eigenvalue weighted by atomic mass is 19.3. The van der Waals surface area contributed by atoms with Crippen molar-refractivity contribution in [3.8, 4) is 0 Å². The molecule has 0 N–H and O–H groups in total. The fourth-order valence-electron chi connectivity index (χ4n) is 1.68. The van der Waals surface area contributed by atoms with Gasteiger partial charge in [-0.1, -0.05) is 26.2 Å². The van der Waals surface area contributed by atoms with E-state index < -0.39 is 5.92 Å². The Labute approximate surface area is 73.3 Å². The molecule has 1 aliphatic carbocycles. The Hall–Kier alpha value is -0.140. The Morgan fingerprint density at radius 1 is 1.50 bits per heavy atom. The number of halogens is 2. The van der Waals surface area contributed by atoms with Crippen molar-refractivity contribution in [2.45, 2.75) is 51.4 Å². The molecular formula is C10H17F2. The van der Waals surface area contributed by atoms with Gasteiger partial charge in [-0.25, -0.2) is 8.78 Å². The van der Waals surface area contributed by atoms with Crippen molar-refractivity contribution in [1.82, 2.24) is 0 Å². The first kappa shape index (κ1) is 9.94. The lowest BCUT2D eigenvalue weighted by Crippen LogP contribution is -2.25. The summed E-state index contributed by atoms with van der Waals surface area (Å²) in [4.78, 5) is 0. The van der Waals surface area contributed by atoms with Crippen LogP contribution in [0.5, 0.6) is 0 Å². The molecule has 1 aliphatic rings. The number of hydrogen-bond donors (Lipinski definition) is 0. The molecule has 12 heavy (non-hydrogen) atoms. The average molecular weight is 175 g/mol. The average Bonchev–Trinajstić information content (AvgIpc) is 2.03. The summed E-state index contributed by atoms with van der Waals surface area (Å²) in [5.74, 6) is -1.94. The van der Waals surface area contributed by atoms with Crippen LogP contribution in [-0.2, 0) is 0 Å². The Bertz CT molecular complexity index is 122. The maximum Gasteiger partial charge on any atom is 0.248 e. The lowest BCUT2D eigenvalue weighted by Gasteiger charge is -2.27. The van der Waals surface area contributed by atoms with Crippen molar-refractivity contribution in [2.75, 3.05) is 0 Å². The third kappa shape index (κ3) is 3.08. The quantitative estimate of drug-likeness (QED) is 0.611. The Morgan fingerprint density at radius 2 is 2.25 bits per heavy atom. The van der Waals surface area contributed by atoms with Gasteiger partial charge in [-0.15, -0.1) is 0 Å². The molecule has 1 atom stereocenters. The van der Waals surface area contributed by atoms with Crippen molar-refractivity contribution in [3.63, 3.8) is 0 Å². The zero-order valence-corrected chi connectivity index (χ0v) is 7.65. The molecule has 0 aromatic rings. The highest BCUT2D eigenvalue weighted by Gasteiger charge is 2.34. The van der Waals surface area contributed by atoms with Gasteiger partial charge in [-0.05, 0) is 18.8 Å². The lowest BCUT2D eigenvalue weighted by atomic mass is 9.84. The van der Waals surface area contributed by atoms with Crippen LogP contribution in [-0.4, -0.2) is 5.92 Å². The van der Waals surface area contributed by atoms with Gasteiger partial charge in [0.15, 0.2) is 0 Å². The molecule has 2 heteroatoms. The lowest BCUT2D eigenvalue weighted by molar-refractivity contribution is -0.0292. The van der Waals surface area contributed by atoms with Gasteiger partial charge < -0.3 is 0 Å². The molecule has 1 fully saturated rings. The summed E-state index contributed by atoms with van der Waals surface area (Å²) in [6.07, 6.45) is 6.05. The number of rotatable bonds is 3. The summed E-state index contributed by atoms with van der Waals surface area (Å²) >= 11 is 0. The van der Waals surface area contributed by atoms with Crippen LogP contribution in [0, 0.1) is 12.3 Å². The first-order valence-corrected chi connectivity index (χ1v) is 4.85.